The van der Waals surface area contributed by atoms with Gasteiger partial charge in [0, 0.05) is 32.4 Å². The van der Waals surface area contributed by atoms with E-state index in [0.29, 0.717) is 0 Å². The van der Waals surface area contributed by atoms with E-state index in [2.05, 4.69) is 58.5 Å². The summed E-state index contributed by atoms with van der Waals surface area (Å²) in [6.45, 7) is 6.43. The Labute approximate surface area is 127 Å². The van der Waals surface area contributed by atoms with Crippen LogP contribution < -0.4 is 5.32 Å². The summed E-state index contributed by atoms with van der Waals surface area (Å²) < 4.78 is 0. The third kappa shape index (κ3) is 3.31. The molecule has 1 fully saturated rings. The monoisotopic (exact) mass is 281 g/mol. The maximum Gasteiger partial charge on any atom is 0.0777 e. The minimum Gasteiger partial charge on any atom is -0.314 e. The second-order valence-corrected chi connectivity index (χ2v) is 5.54. The van der Waals surface area contributed by atoms with Gasteiger partial charge in [0.1, 0.15) is 0 Å². The molecule has 0 spiro atoms. The van der Waals surface area contributed by atoms with Crippen molar-refractivity contribution in [2.45, 2.75) is 19.4 Å². The van der Waals surface area contributed by atoms with Gasteiger partial charge in [-0.3, -0.25) is 9.88 Å². The molecule has 0 bridgehead atoms. The molecule has 1 aromatic carbocycles. The zero-order valence-electron chi connectivity index (χ0n) is 12.6. The van der Waals surface area contributed by atoms with Gasteiger partial charge in [-0.1, -0.05) is 37.3 Å². The van der Waals surface area contributed by atoms with E-state index in [9.17, 15) is 0 Å². The Hall–Kier alpha value is -1.71. The number of piperazine rings is 1. The Morgan fingerprint density at radius 1 is 1.10 bits per heavy atom. The fraction of sp³-hybridized carbons (Fsp3) is 0.389. The molecule has 0 radical (unpaired) electrons. The topological polar surface area (TPSA) is 28.2 Å². The predicted molar refractivity (Wildman–Crippen MR) is 86.3 cm³/mol. The molecule has 0 aliphatic carbocycles. The van der Waals surface area contributed by atoms with Gasteiger partial charge in [0.2, 0.25) is 0 Å². The van der Waals surface area contributed by atoms with Crippen molar-refractivity contribution in [2.24, 2.45) is 0 Å². The smallest absolute Gasteiger partial charge is 0.0777 e. The molecular weight excluding hydrogens is 258 g/mol. The highest BCUT2D eigenvalue weighted by Crippen LogP contribution is 2.27. The van der Waals surface area contributed by atoms with Crippen molar-refractivity contribution in [3.63, 3.8) is 0 Å². The molecule has 110 valence electrons. The van der Waals surface area contributed by atoms with Gasteiger partial charge in [-0.15, -0.1) is 0 Å². The van der Waals surface area contributed by atoms with Crippen LogP contribution in [0.2, 0.25) is 0 Å². The largest absolute Gasteiger partial charge is 0.314 e. The van der Waals surface area contributed by atoms with E-state index in [4.69, 9.17) is 0 Å². The molecule has 21 heavy (non-hydrogen) atoms. The molecule has 1 unspecified atom stereocenters. The van der Waals surface area contributed by atoms with Crippen molar-refractivity contribution in [3.8, 4) is 0 Å². The van der Waals surface area contributed by atoms with Crippen LogP contribution in [0.15, 0.2) is 48.7 Å². The minimum absolute atomic E-state index is 0.263. The van der Waals surface area contributed by atoms with E-state index >= 15 is 0 Å². The normalized spacial score (nSPS) is 17.6. The van der Waals surface area contributed by atoms with Crippen molar-refractivity contribution in [1.82, 2.24) is 15.2 Å². The number of hydrogen-bond acceptors (Lipinski definition) is 3. The number of aromatic nitrogens is 1. The maximum atomic E-state index is 4.61. The van der Waals surface area contributed by atoms with Gasteiger partial charge in [-0.25, -0.2) is 0 Å². The third-order valence-corrected chi connectivity index (χ3v) is 4.19. The van der Waals surface area contributed by atoms with Gasteiger partial charge < -0.3 is 5.32 Å². The van der Waals surface area contributed by atoms with Gasteiger partial charge >= 0.3 is 0 Å². The number of pyridine rings is 1. The molecule has 3 rings (SSSR count). The Morgan fingerprint density at radius 2 is 1.86 bits per heavy atom. The highest BCUT2D eigenvalue weighted by Gasteiger charge is 2.24. The van der Waals surface area contributed by atoms with Crippen LogP contribution in [0.1, 0.15) is 29.8 Å². The summed E-state index contributed by atoms with van der Waals surface area (Å²) in [5.74, 6) is 0. The van der Waals surface area contributed by atoms with Gasteiger partial charge in [-0.2, -0.15) is 0 Å². The van der Waals surface area contributed by atoms with E-state index in [1.54, 1.807) is 0 Å². The number of nitrogens with zero attached hydrogens (tertiary/aromatic N) is 2. The van der Waals surface area contributed by atoms with Crippen molar-refractivity contribution < 1.29 is 0 Å². The second-order valence-electron chi connectivity index (χ2n) is 5.54. The van der Waals surface area contributed by atoms with Gasteiger partial charge in [0.25, 0.3) is 0 Å². The summed E-state index contributed by atoms with van der Waals surface area (Å²) in [4.78, 5) is 7.14. The molecule has 1 saturated heterocycles. The minimum atomic E-state index is 0.263. The highest BCUT2D eigenvalue weighted by atomic mass is 15.2. The Bertz CT molecular complexity index is 544. The first kappa shape index (κ1) is 14.2. The molecule has 1 aliphatic heterocycles. The molecule has 0 saturated carbocycles. The van der Waals surface area contributed by atoms with Crippen LogP contribution in [0.3, 0.4) is 0 Å². The van der Waals surface area contributed by atoms with Crippen LogP contribution in [0.5, 0.6) is 0 Å². The molecule has 0 amide bonds. The molecule has 3 nitrogen and oxygen atoms in total. The Kier molecular flexibility index (Phi) is 4.63. The first-order valence-corrected chi connectivity index (χ1v) is 7.83. The molecule has 2 aromatic rings. The lowest BCUT2D eigenvalue weighted by molar-refractivity contribution is 0.195. The zero-order chi connectivity index (χ0) is 14.5. The van der Waals surface area contributed by atoms with Crippen molar-refractivity contribution in [2.75, 3.05) is 26.2 Å². The first-order valence-electron chi connectivity index (χ1n) is 7.83. The molecule has 1 aliphatic rings. The summed E-state index contributed by atoms with van der Waals surface area (Å²) in [5, 5.41) is 3.43. The average molecular weight is 281 g/mol. The van der Waals surface area contributed by atoms with E-state index in [1.807, 2.05) is 12.3 Å². The van der Waals surface area contributed by atoms with Crippen molar-refractivity contribution in [3.05, 3.63) is 65.5 Å². The van der Waals surface area contributed by atoms with Gasteiger partial charge in [0.15, 0.2) is 0 Å². The third-order valence-electron chi connectivity index (χ3n) is 4.19. The van der Waals surface area contributed by atoms with Crippen LogP contribution in [-0.2, 0) is 6.42 Å². The fourth-order valence-corrected chi connectivity index (χ4v) is 2.98. The van der Waals surface area contributed by atoms with Crippen LogP contribution >= 0.6 is 0 Å². The van der Waals surface area contributed by atoms with Gasteiger partial charge in [-0.05, 0) is 29.7 Å². The average Bonchev–Trinajstić information content (AvgIpc) is 2.58. The summed E-state index contributed by atoms with van der Waals surface area (Å²) in [6.07, 6.45) is 2.98. The van der Waals surface area contributed by atoms with Crippen molar-refractivity contribution >= 4 is 0 Å². The highest BCUT2D eigenvalue weighted by molar-refractivity contribution is 5.31. The van der Waals surface area contributed by atoms with E-state index in [1.165, 1.54) is 11.1 Å². The number of hydrogen-bond donors (Lipinski definition) is 1. The predicted octanol–water partition coefficient (Wildman–Crippen LogP) is 2.64. The van der Waals surface area contributed by atoms with Crippen LogP contribution in [0.25, 0.3) is 0 Å². The summed E-state index contributed by atoms with van der Waals surface area (Å²) >= 11 is 0. The van der Waals surface area contributed by atoms with Crippen LogP contribution in [-0.4, -0.2) is 36.1 Å². The maximum absolute atomic E-state index is 4.61. The number of benzene rings is 1. The van der Waals surface area contributed by atoms with Crippen LogP contribution in [0, 0.1) is 0 Å². The lowest BCUT2D eigenvalue weighted by atomic mass is 9.98. The molecule has 1 N–H and O–H groups in total. The number of aryl methyl sites for hydroxylation is 1. The lowest BCUT2D eigenvalue weighted by Crippen LogP contribution is -2.45. The number of rotatable bonds is 4. The van der Waals surface area contributed by atoms with E-state index in [-0.39, 0.29) is 6.04 Å². The van der Waals surface area contributed by atoms with E-state index < -0.39 is 0 Å². The second kappa shape index (κ2) is 6.83. The fourth-order valence-electron chi connectivity index (χ4n) is 2.98. The quantitative estimate of drug-likeness (QED) is 0.934. The SMILES string of the molecule is CCc1ccc(C(c2ccccn2)N2CCNCC2)cc1. The first-order chi connectivity index (χ1) is 10.4. The lowest BCUT2D eigenvalue weighted by Gasteiger charge is -2.35. The molecular formula is C18H23N3. The Balaban J connectivity index is 1.94. The molecule has 2 heterocycles. The zero-order valence-corrected chi connectivity index (χ0v) is 12.6. The number of nitrogens with one attached hydrogen (secondary N) is 1. The van der Waals surface area contributed by atoms with Crippen molar-refractivity contribution in [1.29, 1.82) is 0 Å². The molecule has 1 atom stereocenters. The summed E-state index contributed by atoms with van der Waals surface area (Å²) in [5.41, 5.74) is 3.87. The van der Waals surface area contributed by atoms with E-state index in [0.717, 1.165) is 38.3 Å². The molecule has 3 heteroatoms. The standard InChI is InChI=1S/C18H23N3/c1-2-15-6-8-16(9-7-15)18(17-5-3-4-10-20-17)21-13-11-19-12-14-21/h3-10,18-19H,2,11-14H2,1H3. The summed E-state index contributed by atoms with van der Waals surface area (Å²) in [6, 6.07) is 15.5. The molecule has 1 aromatic heterocycles. The Morgan fingerprint density at radius 3 is 2.48 bits per heavy atom. The van der Waals surface area contributed by atoms with Gasteiger partial charge in [0.05, 0.1) is 11.7 Å². The van der Waals surface area contributed by atoms with Crippen LogP contribution in [0.4, 0.5) is 0 Å². The summed E-state index contributed by atoms with van der Waals surface area (Å²) in [7, 11) is 0.